The maximum absolute atomic E-state index is 11.3. The first-order chi connectivity index (χ1) is 10.6. The SMILES string of the molecule is COc1c(C(C)(C)C)cc(-c2[nH]ncc2C=O)cc1C(C)(C)C. The van der Waals surface area contributed by atoms with Gasteiger partial charge in [0.05, 0.1) is 24.6 Å². The highest BCUT2D eigenvalue weighted by molar-refractivity contribution is 5.86. The number of rotatable bonds is 3. The minimum absolute atomic E-state index is 0.0806. The van der Waals surface area contributed by atoms with Crippen LogP contribution in [0.3, 0.4) is 0 Å². The fourth-order valence-corrected chi connectivity index (χ4v) is 2.72. The highest BCUT2D eigenvalue weighted by Crippen LogP contribution is 2.42. The van der Waals surface area contributed by atoms with Crippen LogP contribution in [0.2, 0.25) is 0 Å². The Labute approximate surface area is 138 Å². The average Bonchev–Trinajstić information content (AvgIpc) is 2.92. The van der Waals surface area contributed by atoms with Crippen molar-refractivity contribution < 1.29 is 9.53 Å². The maximum Gasteiger partial charge on any atom is 0.153 e. The molecule has 0 spiro atoms. The van der Waals surface area contributed by atoms with Crippen molar-refractivity contribution in [2.24, 2.45) is 0 Å². The molecule has 2 aromatic rings. The minimum Gasteiger partial charge on any atom is -0.496 e. The van der Waals surface area contributed by atoms with Gasteiger partial charge in [-0.3, -0.25) is 9.89 Å². The van der Waals surface area contributed by atoms with Gasteiger partial charge in [0.1, 0.15) is 5.75 Å². The van der Waals surface area contributed by atoms with E-state index in [1.54, 1.807) is 13.3 Å². The summed E-state index contributed by atoms with van der Waals surface area (Å²) in [6.45, 7) is 13.0. The second-order valence-corrected chi connectivity index (χ2v) is 7.92. The van der Waals surface area contributed by atoms with Crippen molar-refractivity contribution >= 4 is 6.29 Å². The molecule has 0 fully saturated rings. The number of ether oxygens (including phenoxy) is 1. The zero-order valence-electron chi connectivity index (χ0n) is 15.1. The lowest BCUT2D eigenvalue weighted by Gasteiger charge is -2.30. The third-order valence-corrected chi connectivity index (χ3v) is 3.99. The third kappa shape index (κ3) is 3.31. The summed E-state index contributed by atoms with van der Waals surface area (Å²) >= 11 is 0. The molecule has 1 aromatic carbocycles. The van der Waals surface area contributed by atoms with Crippen molar-refractivity contribution in [3.8, 4) is 17.0 Å². The standard InChI is InChI=1S/C19H26N2O2/c1-18(2,3)14-8-12(16-13(11-22)10-20-21-16)9-15(17(14)23-7)19(4,5)6/h8-11H,1-7H3,(H,20,21). The topological polar surface area (TPSA) is 55.0 Å². The van der Waals surface area contributed by atoms with Gasteiger partial charge < -0.3 is 4.74 Å². The van der Waals surface area contributed by atoms with Crippen LogP contribution >= 0.6 is 0 Å². The van der Waals surface area contributed by atoms with Gasteiger partial charge in [-0.15, -0.1) is 0 Å². The van der Waals surface area contributed by atoms with Crippen LogP contribution in [0.4, 0.5) is 0 Å². The zero-order chi connectivity index (χ0) is 17.4. The van der Waals surface area contributed by atoms with Gasteiger partial charge in [-0.05, 0) is 23.0 Å². The summed E-state index contributed by atoms with van der Waals surface area (Å²) in [5, 5.41) is 6.95. The van der Waals surface area contributed by atoms with Crippen LogP contribution in [-0.4, -0.2) is 23.6 Å². The lowest BCUT2D eigenvalue weighted by molar-refractivity contribution is 0.112. The van der Waals surface area contributed by atoms with Crippen molar-refractivity contribution in [2.45, 2.75) is 52.4 Å². The zero-order valence-corrected chi connectivity index (χ0v) is 15.1. The lowest BCUT2D eigenvalue weighted by Crippen LogP contribution is -2.19. The van der Waals surface area contributed by atoms with E-state index in [0.717, 1.165) is 34.4 Å². The van der Waals surface area contributed by atoms with Crippen LogP contribution in [0, 0.1) is 0 Å². The molecule has 0 amide bonds. The average molecular weight is 314 g/mol. The molecule has 23 heavy (non-hydrogen) atoms. The minimum atomic E-state index is -0.0806. The summed E-state index contributed by atoms with van der Waals surface area (Å²) in [5.74, 6) is 0.918. The summed E-state index contributed by atoms with van der Waals surface area (Å²) in [6.07, 6.45) is 2.39. The van der Waals surface area contributed by atoms with Gasteiger partial charge in [0.25, 0.3) is 0 Å². The van der Waals surface area contributed by atoms with E-state index in [9.17, 15) is 4.79 Å². The first kappa shape index (κ1) is 17.3. The van der Waals surface area contributed by atoms with Crippen molar-refractivity contribution in [2.75, 3.05) is 7.11 Å². The molecule has 0 aliphatic carbocycles. The predicted octanol–water partition coefficient (Wildman–Crippen LogP) is 4.49. The van der Waals surface area contributed by atoms with Crippen LogP contribution in [0.5, 0.6) is 5.75 Å². The van der Waals surface area contributed by atoms with Gasteiger partial charge in [-0.25, -0.2) is 0 Å². The van der Waals surface area contributed by atoms with Gasteiger partial charge in [-0.1, -0.05) is 41.5 Å². The molecule has 0 atom stereocenters. The first-order valence-electron chi connectivity index (χ1n) is 7.81. The molecule has 0 radical (unpaired) electrons. The number of carbonyl (C=O) groups is 1. The number of aromatic amines is 1. The normalized spacial score (nSPS) is 12.3. The van der Waals surface area contributed by atoms with Gasteiger partial charge >= 0.3 is 0 Å². The molecule has 0 saturated heterocycles. The maximum atomic E-state index is 11.3. The molecule has 0 bridgehead atoms. The monoisotopic (exact) mass is 314 g/mol. The van der Waals surface area contributed by atoms with Crippen LogP contribution in [0.15, 0.2) is 18.3 Å². The Morgan fingerprint density at radius 3 is 1.96 bits per heavy atom. The van der Waals surface area contributed by atoms with Gasteiger partial charge in [0.15, 0.2) is 6.29 Å². The molecular weight excluding hydrogens is 288 g/mol. The molecule has 1 N–H and O–H groups in total. The molecule has 1 heterocycles. The number of hydrogen-bond acceptors (Lipinski definition) is 3. The Kier molecular flexibility index (Phi) is 4.38. The van der Waals surface area contributed by atoms with Crippen LogP contribution in [0.1, 0.15) is 63.0 Å². The van der Waals surface area contributed by atoms with E-state index in [2.05, 4.69) is 63.9 Å². The number of nitrogens with one attached hydrogen (secondary N) is 1. The van der Waals surface area contributed by atoms with E-state index in [1.165, 1.54) is 0 Å². The fourth-order valence-electron chi connectivity index (χ4n) is 2.72. The van der Waals surface area contributed by atoms with Crippen molar-refractivity contribution in [1.82, 2.24) is 10.2 Å². The van der Waals surface area contributed by atoms with E-state index in [-0.39, 0.29) is 10.8 Å². The Morgan fingerprint density at radius 1 is 1.04 bits per heavy atom. The lowest BCUT2D eigenvalue weighted by atomic mass is 9.78. The van der Waals surface area contributed by atoms with E-state index < -0.39 is 0 Å². The van der Waals surface area contributed by atoms with Crippen LogP contribution < -0.4 is 4.74 Å². The Balaban J connectivity index is 2.83. The second-order valence-electron chi connectivity index (χ2n) is 7.92. The predicted molar refractivity (Wildman–Crippen MR) is 93.4 cm³/mol. The van der Waals surface area contributed by atoms with Gasteiger partial charge in [0, 0.05) is 16.7 Å². The largest absolute Gasteiger partial charge is 0.496 e. The van der Waals surface area contributed by atoms with Gasteiger partial charge in [0.2, 0.25) is 0 Å². The van der Waals surface area contributed by atoms with E-state index >= 15 is 0 Å². The van der Waals surface area contributed by atoms with E-state index in [1.807, 2.05) is 0 Å². The summed E-state index contributed by atoms with van der Waals surface area (Å²) in [7, 11) is 1.71. The van der Waals surface area contributed by atoms with Crippen molar-refractivity contribution in [1.29, 1.82) is 0 Å². The number of nitrogens with zero attached hydrogens (tertiary/aromatic N) is 1. The smallest absolute Gasteiger partial charge is 0.153 e. The molecule has 2 rings (SSSR count). The second kappa shape index (κ2) is 5.84. The van der Waals surface area contributed by atoms with Crippen LogP contribution in [-0.2, 0) is 10.8 Å². The summed E-state index contributed by atoms with van der Waals surface area (Å²) in [4.78, 5) is 11.3. The third-order valence-electron chi connectivity index (χ3n) is 3.99. The highest BCUT2D eigenvalue weighted by Gasteiger charge is 2.28. The first-order valence-corrected chi connectivity index (χ1v) is 7.81. The molecular formula is C19H26N2O2. The molecule has 124 valence electrons. The number of hydrogen-bond donors (Lipinski definition) is 1. The number of aldehydes is 1. The highest BCUT2D eigenvalue weighted by atomic mass is 16.5. The molecule has 0 unspecified atom stereocenters. The summed E-state index contributed by atoms with van der Waals surface area (Å²) in [6, 6.07) is 4.18. The number of methoxy groups -OCH3 is 1. The number of aromatic nitrogens is 2. The number of carbonyl (C=O) groups excluding carboxylic acids is 1. The number of H-pyrrole nitrogens is 1. The molecule has 4 heteroatoms. The van der Waals surface area contributed by atoms with Crippen LogP contribution in [0.25, 0.3) is 11.3 Å². The number of benzene rings is 1. The Hall–Kier alpha value is -2.10. The molecule has 4 nitrogen and oxygen atoms in total. The molecule has 0 aliphatic heterocycles. The van der Waals surface area contributed by atoms with Gasteiger partial charge in [-0.2, -0.15) is 5.10 Å². The van der Waals surface area contributed by atoms with E-state index in [0.29, 0.717) is 5.56 Å². The molecule has 0 saturated carbocycles. The summed E-state index contributed by atoms with van der Waals surface area (Å²) < 4.78 is 5.76. The summed E-state index contributed by atoms with van der Waals surface area (Å²) in [5.41, 5.74) is 4.35. The molecule has 1 aromatic heterocycles. The Morgan fingerprint density at radius 2 is 1.57 bits per heavy atom. The Bertz CT molecular complexity index is 681. The van der Waals surface area contributed by atoms with Crippen molar-refractivity contribution in [3.05, 3.63) is 35.0 Å². The quantitative estimate of drug-likeness (QED) is 0.849. The van der Waals surface area contributed by atoms with E-state index in [4.69, 9.17) is 4.74 Å². The fraction of sp³-hybridized carbons (Fsp3) is 0.474. The molecule has 0 aliphatic rings. The van der Waals surface area contributed by atoms with Crippen molar-refractivity contribution in [3.63, 3.8) is 0 Å².